The van der Waals surface area contributed by atoms with Crippen LogP contribution in [0.2, 0.25) is 0 Å². The van der Waals surface area contributed by atoms with E-state index in [0.717, 1.165) is 17.4 Å². The molecule has 3 N–H and O–H groups in total. The van der Waals surface area contributed by atoms with Crippen molar-refractivity contribution in [1.82, 2.24) is 29.4 Å². The molecule has 0 spiro atoms. The van der Waals surface area contributed by atoms with Crippen molar-refractivity contribution in [2.24, 2.45) is 0 Å². The van der Waals surface area contributed by atoms with Gasteiger partial charge in [-0.25, -0.2) is 13.2 Å². The maximum absolute atomic E-state index is 14.8. The molecule has 0 unspecified atom stereocenters. The van der Waals surface area contributed by atoms with Crippen LogP contribution in [0, 0.1) is 11.6 Å². The largest absolute Gasteiger partial charge is 0.483 e. The first-order valence-corrected chi connectivity index (χ1v) is 14.4. The summed E-state index contributed by atoms with van der Waals surface area (Å²) < 4.78 is 57.9. The van der Waals surface area contributed by atoms with Crippen LogP contribution in [0.5, 0.6) is 5.75 Å². The molecule has 220 valence electrons. The minimum Gasteiger partial charge on any atom is -0.483 e. The van der Waals surface area contributed by atoms with Gasteiger partial charge < -0.3 is 25.1 Å². The van der Waals surface area contributed by atoms with E-state index in [1.54, 1.807) is 23.0 Å². The number of piperazine rings is 1. The zero-order chi connectivity index (χ0) is 29.0. The van der Waals surface area contributed by atoms with E-state index >= 15 is 0 Å². The van der Waals surface area contributed by atoms with Crippen LogP contribution in [-0.4, -0.2) is 82.2 Å². The van der Waals surface area contributed by atoms with Crippen LogP contribution >= 0.6 is 11.3 Å². The Hall–Kier alpha value is -4.08. The first-order chi connectivity index (χ1) is 20.4. The molecule has 0 bridgehead atoms. The number of nitrogens with two attached hydrogens (primary N) is 1. The Kier molecular flexibility index (Phi) is 6.79. The van der Waals surface area contributed by atoms with Crippen LogP contribution in [0.1, 0.15) is 0 Å². The Balaban J connectivity index is 1.04. The van der Waals surface area contributed by atoms with E-state index in [0.29, 0.717) is 66.6 Å². The zero-order valence-electron chi connectivity index (χ0n) is 22.3. The number of rotatable bonds is 7. The number of anilines is 2. The van der Waals surface area contributed by atoms with Crippen LogP contribution in [0.3, 0.4) is 0 Å². The van der Waals surface area contributed by atoms with Gasteiger partial charge in [-0.2, -0.15) is 14.6 Å². The van der Waals surface area contributed by atoms with Crippen LogP contribution < -0.4 is 25.6 Å². The second-order valence-corrected chi connectivity index (χ2v) is 11.3. The quantitative estimate of drug-likeness (QED) is 0.291. The van der Waals surface area contributed by atoms with Crippen LogP contribution in [0.4, 0.5) is 24.8 Å². The zero-order valence-corrected chi connectivity index (χ0v) is 23.1. The highest BCUT2D eigenvalue weighted by molar-refractivity contribution is 7.17. The van der Waals surface area contributed by atoms with Gasteiger partial charge in [-0.3, -0.25) is 14.3 Å². The number of nitrogen functional groups attached to an aromatic ring is 1. The van der Waals surface area contributed by atoms with Crippen molar-refractivity contribution in [3.63, 3.8) is 0 Å². The maximum atomic E-state index is 14.8. The molecule has 4 aromatic heterocycles. The van der Waals surface area contributed by atoms with E-state index < -0.39 is 23.9 Å². The highest BCUT2D eigenvalue weighted by Crippen LogP contribution is 2.31. The Bertz CT molecular complexity index is 1810. The molecule has 2 fully saturated rings. The molecule has 2 atom stereocenters. The van der Waals surface area contributed by atoms with Gasteiger partial charge in [-0.1, -0.05) is 11.3 Å². The molecule has 1 aromatic carbocycles. The van der Waals surface area contributed by atoms with E-state index in [1.807, 2.05) is 11.0 Å². The van der Waals surface area contributed by atoms with Gasteiger partial charge >= 0.3 is 4.87 Å². The Labute approximate surface area is 240 Å². The highest BCUT2D eigenvalue weighted by atomic mass is 32.1. The summed E-state index contributed by atoms with van der Waals surface area (Å²) >= 11 is 1.09. The van der Waals surface area contributed by atoms with Crippen molar-refractivity contribution in [1.29, 1.82) is 0 Å². The van der Waals surface area contributed by atoms with Crippen molar-refractivity contribution in [2.45, 2.75) is 18.8 Å². The summed E-state index contributed by atoms with van der Waals surface area (Å²) in [6, 6.07) is 7.48. The highest BCUT2D eigenvalue weighted by Gasteiger charge is 2.30. The standard InChI is InChI=1S/C27H27F3N8O3S/c28-15-10-16(29)22(41-23-14-32-13-17(23)30)12-19(15)36-6-3-35(4-7-36)5-8-37-25-24(42-27(37)39)20-11-18(21-2-1-9-40-21)34-38(20)26(31)33-25/h1-2,9-12,17,23,32H,3-8,13-14H2,(H2,31,33)/t17-,23+/m1/s1. The number of furan rings is 1. The monoisotopic (exact) mass is 600 g/mol. The molecule has 7 rings (SSSR count). The third kappa shape index (κ3) is 4.76. The fourth-order valence-electron chi connectivity index (χ4n) is 5.50. The van der Waals surface area contributed by atoms with Gasteiger partial charge in [-0.15, -0.1) is 0 Å². The molecule has 2 saturated heterocycles. The molecule has 0 aliphatic carbocycles. The molecule has 5 aromatic rings. The topological polar surface area (TPSA) is 119 Å². The summed E-state index contributed by atoms with van der Waals surface area (Å²) in [5, 5.41) is 7.34. The fourth-order valence-corrected chi connectivity index (χ4v) is 6.46. The van der Waals surface area contributed by atoms with Gasteiger partial charge in [0.05, 0.1) is 17.5 Å². The fraction of sp³-hybridized carbons (Fsp3) is 0.370. The van der Waals surface area contributed by atoms with Gasteiger partial charge in [-0.05, 0) is 18.2 Å². The lowest BCUT2D eigenvalue weighted by atomic mass is 10.2. The van der Waals surface area contributed by atoms with Crippen LogP contribution in [0.15, 0.2) is 45.8 Å². The van der Waals surface area contributed by atoms with E-state index in [2.05, 4.69) is 20.3 Å². The molecular formula is C27H27F3N8O3S. The van der Waals surface area contributed by atoms with Gasteiger partial charge in [0.15, 0.2) is 29.1 Å². The average molecular weight is 601 g/mol. The summed E-state index contributed by atoms with van der Waals surface area (Å²) in [4.78, 5) is 21.3. The van der Waals surface area contributed by atoms with E-state index in [1.165, 1.54) is 10.6 Å². The van der Waals surface area contributed by atoms with E-state index in [4.69, 9.17) is 14.9 Å². The summed E-state index contributed by atoms with van der Waals surface area (Å²) in [5.74, 6) is -0.977. The van der Waals surface area contributed by atoms with Crippen molar-refractivity contribution in [3.05, 3.63) is 57.9 Å². The van der Waals surface area contributed by atoms with Gasteiger partial charge in [0, 0.05) is 64.5 Å². The minimum absolute atomic E-state index is 0.139. The van der Waals surface area contributed by atoms with Crippen molar-refractivity contribution in [2.75, 3.05) is 56.4 Å². The average Bonchev–Trinajstić information content (AvgIpc) is 3.77. The summed E-state index contributed by atoms with van der Waals surface area (Å²) in [7, 11) is 0. The molecule has 0 amide bonds. The number of benzene rings is 1. The van der Waals surface area contributed by atoms with Crippen LogP contribution in [-0.2, 0) is 6.54 Å². The lowest BCUT2D eigenvalue weighted by Gasteiger charge is -2.36. The van der Waals surface area contributed by atoms with Crippen molar-refractivity contribution >= 4 is 38.8 Å². The normalized spacial score (nSPS) is 19.8. The molecule has 2 aliphatic rings. The van der Waals surface area contributed by atoms with E-state index in [9.17, 15) is 18.0 Å². The first-order valence-electron chi connectivity index (χ1n) is 13.6. The molecule has 11 nitrogen and oxygen atoms in total. The number of halogens is 3. The number of fused-ring (bicyclic) bond motifs is 3. The Morgan fingerprint density at radius 2 is 1.95 bits per heavy atom. The smallest absolute Gasteiger partial charge is 0.309 e. The van der Waals surface area contributed by atoms with Gasteiger partial charge in [0.1, 0.15) is 22.3 Å². The van der Waals surface area contributed by atoms with Crippen LogP contribution in [0.25, 0.3) is 27.3 Å². The van der Waals surface area contributed by atoms with E-state index in [-0.39, 0.29) is 35.3 Å². The molecule has 15 heteroatoms. The minimum atomic E-state index is -1.26. The second kappa shape index (κ2) is 10.6. The SMILES string of the molecule is Nc1nc2c(sc(=O)n2CCN2CCN(c3cc(O[C@H]4CNC[C@H]4F)c(F)cc3F)CC2)c2cc(-c3ccco3)nn12. The third-order valence-corrected chi connectivity index (χ3v) is 8.73. The lowest BCUT2D eigenvalue weighted by molar-refractivity contribution is 0.134. The number of hydrogen-bond donors (Lipinski definition) is 2. The maximum Gasteiger partial charge on any atom is 0.309 e. The third-order valence-electron chi connectivity index (χ3n) is 7.74. The molecule has 2 aliphatic heterocycles. The Morgan fingerprint density at radius 3 is 2.69 bits per heavy atom. The number of aromatic nitrogens is 4. The molecule has 42 heavy (non-hydrogen) atoms. The predicted molar refractivity (Wildman–Crippen MR) is 152 cm³/mol. The Morgan fingerprint density at radius 1 is 1.12 bits per heavy atom. The van der Waals surface area contributed by atoms with Crippen molar-refractivity contribution in [3.8, 4) is 17.2 Å². The number of thiazole rings is 1. The molecular weight excluding hydrogens is 573 g/mol. The number of nitrogens with one attached hydrogen (secondary N) is 1. The number of hydrogen-bond acceptors (Lipinski definition) is 10. The first kappa shape index (κ1) is 26.8. The van der Waals surface area contributed by atoms with Gasteiger partial charge in [0.2, 0.25) is 5.95 Å². The second-order valence-electron chi connectivity index (χ2n) is 10.3. The summed E-state index contributed by atoms with van der Waals surface area (Å²) in [6.45, 7) is 3.51. The summed E-state index contributed by atoms with van der Waals surface area (Å²) in [5.41, 5.74) is 8.18. The molecule has 0 saturated carbocycles. The molecule has 6 heterocycles. The molecule has 0 radical (unpaired) electrons. The van der Waals surface area contributed by atoms with Crippen molar-refractivity contribution < 1.29 is 22.3 Å². The summed E-state index contributed by atoms with van der Waals surface area (Å²) in [6.07, 6.45) is -0.519. The van der Waals surface area contributed by atoms with Gasteiger partial charge in [0.25, 0.3) is 0 Å². The number of ether oxygens (including phenoxy) is 1. The number of alkyl halides is 1. The lowest BCUT2D eigenvalue weighted by Crippen LogP contribution is -2.47. The predicted octanol–water partition coefficient (Wildman–Crippen LogP) is 2.74. The number of nitrogens with zero attached hydrogens (tertiary/aromatic N) is 6.